The predicted molar refractivity (Wildman–Crippen MR) is 88.5 cm³/mol. The van der Waals surface area contributed by atoms with E-state index < -0.39 is 10.8 Å². The molecule has 2 aromatic rings. The van der Waals surface area contributed by atoms with Crippen molar-refractivity contribution in [2.45, 2.75) is 6.92 Å². The Kier molecular flexibility index (Phi) is 5.09. The number of carbonyl (C=O) groups is 1. The van der Waals surface area contributed by atoms with E-state index in [1.54, 1.807) is 30.3 Å². The highest BCUT2D eigenvalue weighted by Crippen LogP contribution is 2.25. The zero-order valence-electron chi connectivity index (χ0n) is 12.8. The van der Waals surface area contributed by atoms with E-state index in [0.29, 0.717) is 17.0 Å². The van der Waals surface area contributed by atoms with Crippen LogP contribution in [-0.4, -0.2) is 17.9 Å². The summed E-state index contributed by atoms with van der Waals surface area (Å²) in [5, 5.41) is 13.6. The lowest BCUT2D eigenvalue weighted by molar-refractivity contribution is -0.385. The first-order valence-electron chi connectivity index (χ1n) is 6.88. The summed E-state index contributed by atoms with van der Waals surface area (Å²) in [5.74, 6) is 0.155. The van der Waals surface area contributed by atoms with Crippen LogP contribution in [0.4, 0.5) is 11.4 Å². The van der Waals surface area contributed by atoms with Crippen molar-refractivity contribution in [3.63, 3.8) is 0 Å². The lowest BCUT2D eigenvalue weighted by Crippen LogP contribution is -2.09. The molecule has 0 aliphatic heterocycles. The highest BCUT2D eigenvalue weighted by molar-refractivity contribution is 6.03. The first-order chi connectivity index (χ1) is 11.0. The predicted octanol–water partition coefficient (Wildman–Crippen LogP) is 3.56. The second-order valence-electron chi connectivity index (χ2n) is 4.84. The fraction of sp³-hybridized carbons (Fsp3) is 0.118. The first-order valence-corrected chi connectivity index (χ1v) is 6.88. The van der Waals surface area contributed by atoms with Crippen LogP contribution in [-0.2, 0) is 4.79 Å². The van der Waals surface area contributed by atoms with Crippen molar-refractivity contribution >= 4 is 23.4 Å². The van der Waals surface area contributed by atoms with E-state index in [9.17, 15) is 14.9 Å². The Hall–Kier alpha value is -3.15. The molecule has 0 saturated carbocycles. The van der Waals surface area contributed by atoms with Crippen molar-refractivity contribution in [1.29, 1.82) is 0 Å². The molecule has 0 aromatic heterocycles. The fourth-order valence-electron chi connectivity index (χ4n) is 2.04. The van der Waals surface area contributed by atoms with Crippen LogP contribution in [0.1, 0.15) is 11.1 Å². The number of rotatable bonds is 5. The molecule has 6 heteroatoms. The van der Waals surface area contributed by atoms with Crippen molar-refractivity contribution in [3.05, 3.63) is 69.8 Å². The summed E-state index contributed by atoms with van der Waals surface area (Å²) in [5.41, 5.74) is 1.86. The molecule has 0 radical (unpaired) electrons. The summed E-state index contributed by atoms with van der Waals surface area (Å²) < 4.78 is 5.21. The molecular formula is C17H16N2O4. The summed E-state index contributed by atoms with van der Waals surface area (Å²) >= 11 is 0. The Morgan fingerprint density at radius 2 is 2.00 bits per heavy atom. The highest BCUT2D eigenvalue weighted by Gasteiger charge is 2.10. The van der Waals surface area contributed by atoms with Crippen LogP contribution < -0.4 is 10.1 Å². The molecule has 0 unspecified atom stereocenters. The van der Waals surface area contributed by atoms with E-state index >= 15 is 0 Å². The Labute approximate surface area is 133 Å². The van der Waals surface area contributed by atoms with E-state index in [0.717, 1.165) is 5.56 Å². The smallest absolute Gasteiger partial charge is 0.276 e. The topological polar surface area (TPSA) is 81.5 Å². The van der Waals surface area contributed by atoms with Gasteiger partial charge in [-0.05, 0) is 36.8 Å². The van der Waals surface area contributed by atoms with E-state index in [1.165, 1.54) is 25.3 Å². The molecule has 0 bridgehead atoms. The van der Waals surface area contributed by atoms with Crippen LogP contribution in [0.25, 0.3) is 6.08 Å². The van der Waals surface area contributed by atoms with Gasteiger partial charge in [-0.25, -0.2) is 0 Å². The average Bonchev–Trinajstić information content (AvgIpc) is 2.54. The number of aryl methyl sites for hydroxylation is 1. The molecule has 1 amide bonds. The number of hydrogen-bond acceptors (Lipinski definition) is 4. The summed E-state index contributed by atoms with van der Waals surface area (Å²) in [6.07, 6.45) is 2.66. The van der Waals surface area contributed by atoms with Gasteiger partial charge in [0.15, 0.2) is 0 Å². The van der Waals surface area contributed by atoms with Gasteiger partial charge in [0, 0.05) is 12.1 Å². The van der Waals surface area contributed by atoms with Gasteiger partial charge in [0.2, 0.25) is 5.91 Å². The average molecular weight is 312 g/mol. The van der Waals surface area contributed by atoms with E-state index in [1.807, 2.05) is 13.0 Å². The van der Waals surface area contributed by atoms with E-state index in [2.05, 4.69) is 5.32 Å². The largest absolute Gasteiger partial charge is 0.495 e. The second kappa shape index (κ2) is 7.22. The molecule has 118 valence electrons. The van der Waals surface area contributed by atoms with Crippen molar-refractivity contribution in [3.8, 4) is 5.75 Å². The molecule has 0 aliphatic carbocycles. The number of ether oxygens (including phenoxy) is 1. The standard InChI is InChI=1S/C17H16N2O4/c1-12-7-9-14(16(11-12)23-2)18-17(20)10-8-13-5-3-4-6-15(13)19(21)22/h3-11H,1-2H3,(H,18,20)/b10-8+. The summed E-state index contributed by atoms with van der Waals surface area (Å²) in [6.45, 7) is 1.92. The molecule has 0 saturated heterocycles. The molecule has 6 nitrogen and oxygen atoms in total. The maximum Gasteiger partial charge on any atom is 0.276 e. The minimum Gasteiger partial charge on any atom is -0.495 e. The number of anilines is 1. The van der Waals surface area contributed by atoms with Crippen LogP contribution in [0.2, 0.25) is 0 Å². The lowest BCUT2D eigenvalue weighted by Gasteiger charge is -2.09. The first kappa shape index (κ1) is 16.2. The zero-order chi connectivity index (χ0) is 16.8. The van der Waals surface area contributed by atoms with Crippen molar-refractivity contribution in [2.24, 2.45) is 0 Å². The molecule has 0 spiro atoms. The number of nitrogens with one attached hydrogen (secondary N) is 1. The number of nitro benzene ring substituents is 1. The lowest BCUT2D eigenvalue weighted by atomic mass is 10.1. The molecule has 0 fully saturated rings. The quantitative estimate of drug-likeness (QED) is 0.520. The Morgan fingerprint density at radius 3 is 2.70 bits per heavy atom. The SMILES string of the molecule is COc1cc(C)ccc1NC(=O)/C=C/c1ccccc1[N+](=O)[O-]. The van der Waals surface area contributed by atoms with E-state index in [4.69, 9.17) is 4.74 Å². The number of para-hydroxylation sites is 1. The molecule has 2 aromatic carbocycles. The number of nitrogens with zero attached hydrogens (tertiary/aromatic N) is 1. The Bertz CT molecular complexity index is 769. The summed E-state index contributed by atoms with van der Waals surface area (Å²) in [6, 6.07) is 11.6. The monoisotopic (exact) mass is 312 g/mol. The van der Waals surface area contributed by atoms with Gasteiger partial charge < -0.3 is 10.1 Å². The van der Waals surface area contributed by atoms with Gasteiger partial charge in [0.25, 0.3) is 5.69 Å². The number of nitro groups is 1. The maximum atomic E-state index is 12.0. The molecule has 23 heavy (non-hydrogen) atoms. The van der Waals surface area contributed by atoms with Crippen molar-refractivity contribution in [2.75, 3.05) is 12.4 Å². The van der Waals surface area contributed by atoms with Gasteiger partial charge >= 0.3 is 0 Å². The van der Waals surface area contributed by atoms with Crippen LogP contribution in [0.15, 0.2) is 48.5 Å². The number of amides is 1. The van der Waals surface area contributed by atoms with E-state index in [-0.39, 0.29) is 5.69 Å². The van der Waals surface area contributed by atoms with Crippen LogP contribution >= 0.6 is 0 Å². The molecule has 0 atom stereocenters. The Morgan fingerprint density at radius 1 is 1.26 bits per heavy atom. The number of methoxy groups -OCH3 is 1. The number of benzene rings is 2. The van der Waals surface area contributed by atoms with Gasteiger partial charge in [0.1, 0.15) is 5.75 Å². The van der Waals surface area contributed by atoms with Gasteiger partial charge in [-0.15, -0.1) is 0 Å². The maximum absolute atomic E-state index is 12.0. The van der Waals surface area contributed by atoms with Crippen molar-refractivity contribution < 1.29 is 14.5 Å². The normalized spacial score (nSPS) is 10.5. The highest BCUT2D eigenvalue weighted by atomic mass is 16.6. The van der Waals surface area contributed by atoms with Gasteiger partial charge in [0.05, 0.1) is 23.3 Å². The van der Waals surface area contributed by atoms with Crippen molar-refractivity contribution in [1.82, 2.24) is 0 Å². The number of carbonyl (C=O) groups excluding carboxylic acids is 1. The molecular weight excluding hydrogens is 296 g/mol. The molecule has 0 aliphatic rings. The molecule has 2 rings (SSSR count). The third-order valence-corrected chi connectivity index (χ3v) is 3.16. The molecule has 0 heterocycles. The summed E-state index contributed by atoms with van der Waals surface area (Å²) in [4.78, 5) is 22.4. The number of hydrogen-bond donors (Lipinski definition) is 1. The minimum atomic E-state index is -0.486. The third-order valence-electron chi connectivity index (χ3n) is 3.16. The van der Waals surface area contributed by atoms with Gasteiger partial charge in [-0.1, -0.05) is 18.2 Å². The second-order valence-corrected chi connectivity index (χ2v) is 4.84. The van der Waals surface area contributed by atoms with Crippen LogP contribution in [0, 0.1) is 17.0 Å². The fourth-order valence-corrected chi connectivity index (χ4v) is 2.04. The Balaban J connectivity index is 2.16. The minimum absolute atomic E-state index is 0.0514. The third kappa shape index (κ3) is 4.16. The summed E-state index contributed by atoms with van der Waals surface area (Å²) in [7, 11) is 1.52. The van der Waals surface area contributed by atoms with Gasteiger partial charge in [-0.2, -0.15) is 0 Å². The zero-order valence-corrected chi connectivity index (χ0v) is 12.8. The van der Waals surface area contributed by atoms with Crippen LogP contribution in [0.3, 0.4) is 0 Å². The molecule has 1 N–H and O–H groups in total. The van der Waals surface area contributed by atoms with Gasteiger partial charge in [-0.3, -0.25) is 14.9 Å². The van der Waals surface area contributed by atoms with Crippen LogP contribution in [0.5, 0.6) is 5.75 Å².